The monoisotopic (exact) mass is 675 g/mol. The summed E-state index contributed by atoms with van der Waals surface area (Å²) < 4.78 is 13.0. The van der Waals surface area contributed by atoms with Gasteiger partial charge in [0.25, 0.3) is 5.91 Å². The van der Waals surface area contributed by atoms with Crippen LogP contribution in [0.3, 0.4) is 0 Å². The van der Waals surface area contributed by atoms with Crippen molar-refractivity contribution in [2.45, 2.75) is 69.3 Å². The Morgan fingerprint density at radius 1 is 0.979 bits per heavy atom. The van der Waals surface area contributed by atoms with Gasteiger partial charge in [-0.25, -0.2) is 0 Å². The lowest BCUT2D eigenvalue weighted by molar-refractivity contribution is -0.159. The molecule has 6 atom stereocenters. The summed E-state index contributed by atoms with van der Waals surface area (Å²) in [5.74, 6) is -3.54. The smallest absolute Gasteiger partial charge is 0.313 e. The van der Waals surface area contributed by atoms with Gasteiger partial charge in [-0.05, 0) is 43.4 Å². The number of ether oxygens (including phenoxy) is 2. The molecular weight excluding hydrogens is 634 g/mol. The van der Waals surface area contributed by atoms with Gasteiger partial charge in [-0.3, -0.25) is 19.2 Å². The van der Waals surface area contributed by atoms with E-state index in [2.05, 4.69) is 5.32 Å². The first-order valence-electron chi connectivity index (χ1n) is 16.8. The number of unbranched alkanes of at least 4 members (excludes halogenated alkanes) is 3. The minimum Gasteiger partial charge on any atom is -0.455 e. The number of cyclic esters (lactones) is 1. The summed E-state index contributed by atoms with van der Waals surface area (Å²) in [6, 6.07) is 13.6. The third-order valence-corrected chi connectivity index (χ3v) is 10.1. The lowest BCUT2D eigenvalue weighted by atomic mass is 9.78. The first-order valence-corrected chi connectivity index (χ1v) is 17.2. The van der Waals surface area contributed by atoms with Crippen LogP contribution in [0.1, 0.15) is 55.8 Å². The molecule has 4 aliphatic rings. The fourth-order valence-corrected chi connectivity index (χ4v) is 7.88. The Labute approximate surface area is 285 Å². The van der Waals surface area contributed by atoms with Gasteiger partial charge < -0.3 is 29.7 Å². The molecule has 10 nitrogen and oxygen atoms in total. The van der Waals surface area contributed by atoms with E-state index in [4.69, 9.17) is 21.1 Å². The number of allylic oxidation sites excluding steroid dienone is 1. The number of hydrogen-bond acceptors (Lipinski definition) is 7. The number of amides is 3. The van der Waals surface area contributed by atoms with Gasteiger partial charge >= 0.3 is 5.97 Å². The van der Waals surface area contributed by atoms with Gasteiger partial charge in [-0.1, -0.05) is 91.2 Å². The number of aliphatic hydroxyl groups is 1. The highest BCUT2D eigenvalue weighted by Crippen LogP contribution is 2.53. The fourth-order valence-electron chi connectivity index (χ4n) is 7.56. The molecule has 4 heterocycles. The molecule has 0 radical (unpaired) electrons. The summed E-state index contributed by atoms with van der Waals surface area (Å²) >= 11 is 6.67. The molecule has 0 unspecified atom stereocenters. The summed E-state index contributed by atoms with van der Waals surface area (Å²) in [5.41, 5.74) is 0.640. The summed E-state index contributed by atoms with van der Waals surface area (Å²) in [7, 11) is 0. The molecule has 1 spiro atoms. The van der Waals surface area contributed by atoms with Crippen LogP contribution in [-0.4, -0.2) is 77.7 Å². The molecule has 0 aromatic heterocycles. The average molecular weight is 676 g/mol. The maximum atomic E-state index is 14.8. The van der Waals surface area contributed by atoms with E-state index in [0.717, 1.165) is 18.4 Å². The first kappa shape index (κ1) is 33.9. The van der Waals surface area contributed by atoms with E-state index >= 15 is 0 Å². The van der Waals surface area contributed by atoms with Crippen LogP contribution in [0.2, 0.25) is 5.02 Å². The zero-order valence-electron chi connectivity index (χ0n) is 27.1. The van der Waals surface area contributed by atoms with Gasteiger partial charge in [0, 0.05) is 26.1 Å². The highest BCUT2D eigenvalue weighted by atomic mass is 35.5. The van der Waals surface area contributed by atoms with E-state index in [1.807, 2.05) is 55.5 Å². The molecule has 0 aliphatic carbocycles. The van der Waals surface area contributed by atoms with Crippen molar-refractivity contribution < 1.29 is 33.8 Å². The Hall–Kier alpha value is -3.99. The number of para-hydroxylation sites is 1. The molecule has 2 aromatic rings. The average Bonchev–Trinajstić information content (AvgIpc) is 3.46. The number of fused-ring (bicyclic) bond motifs is 2. The number of aliphatic hydroxyl groups excluding tert-OH is 1. The van der Waals surface area contributed by atoms with Crippen molar-refractivity contribution in [2.24, 2.45) is 11.8 Å². The van der Waals surface area contributed by atoms with E-state index in [1.165, 1.54) is 0 Å². The van der Waals surface area contributed by atoms with Crippen molar-refractivity contribution in [1.29, 1.82) is 0 Å². The molecule has 2 saturated heterocycles. The molecule has 254 valence electrons. The minimum absolute atomic E-state index is 0.0768. The van der Waals surface area contributed by atoms with Crippen LogP contribution in [-0.2, 0) is 28.7 Å². The third-order valence-electron chi connectivity index (χ3n) is 9.81. The van der Waals surface area contributed by atoms with Crippen LogP contribution in [0.15, 0.2) is 72.8 Å². The van der Waals surface area contributed by atoms with Crippen molar-refractivity contribution in [3.63, 3.8) is 0 Å². The number of carbonyl (C=O) groups excluding carboxylic acids is 4. The SMILES string of the molecule is Cc1cccc(Cl)c1N1CC=C[C@@]23O[C@H]4/C=C\CCC(=O)NC[C@H](c5ccccc5)OC(=O)[C@H]4[C@@H]2C(=O)N(CCCCCCO)[C@H]3C1=O. The predicted molar refractivity (Wildman–Crippen MR) is 180 cm³/mol. The number of hydrogen-bond donors (Lipinski definition) is 2. The maximum Gasteiger partial charge on any atom is 0.313 e. The Morgan fingerprint density at radius 2 is 1.77 bits per heavy atom. The van der Waals surface area contributed by atoms with Crippen LogP contribution in [0.4, 0.5) is 5.69 Å². The standard InChI is InChI=1S/C37H42ClN3O7/c1-24-13-11-16-26(38)32(24)40-21-12-19-37-31(34(44)41(33(37)35(40)45)20-9-2-3-10-22-42)30-27(48-37)17-7-8-18-29(43)39-23-28(47-36(30)46)25-14-5-4-6-15-25/h4-7,11-17,19,27-28,30-31,33,42H,2-3,8-10,18,20-23H2,1H3,(H,39,43)/b17-7-/t27-,28+,30+,31+,33-,37+/m0/s1. The van der Waals surface area contributed by atoms with Gasteiger partial charge in [0.2, 0.25) is 11.8 Å². The fraction of sp³-hybridized carbons (Fsp3) is 0.459. The molecule has 0 bridgehead atoms. The lowest BCUT2D eigenvalue weighted by Gasteiger charge is -2.36. The van der Waals surface area contributed by atoms with E-state index in [-0.39, 0.29) is 50.4 Å². The number of aryl methyl sites for hydroxylation is 1. The topological polar surface area (TPSA) is 125 Å². The summed E-state index contributed by atoms with van der Waals surface area (Å²) in [6.45, 7) is 2.54. The second kappa shape index (κ2) is 14.6. The number of esters is 1. The number of nitrogens with one attached hydrogen (secondary N) is 1. The Bertz CT molecular complexity index is 1580. The number of nitrogens with zero attached hydrogens (tertiary/aromatic N) is 2. The number of anilines is 1. The number of likely N-dealkylation sites (tertiary alicyclic amines) is 1. The van der Waals surface area contributed by atoms with Gasteiger partial charge in [-0.2, -0.15) is 0 Å². The zero-order chi connectivity index (χ0) is 33.8. The maximum absolute atomic E-state index is 14.8. The van der Waals surface area contributed by atoms with Gasteiger partial charge in [0.05, 0.1) is 29.3 Å². The van der Waals surface area contributed by atoms with Gasteiger partial charge in [-0.15, -0.1) is 0 Å². The highest BCUT2D eigenvalue weighted by molar-refractivity contribution is 6.34. The van der Waals surface area contributed by atoms with Crippen LogP contribution in [0, 0.1) is 18.8 Å². The second-order valence-electron chi connectivity index (χ2n) is 12.9. The van der Waals surface area contributed by atoms with Gasteiger partial charge in [0.1, 0.15) is 23.7 Å². The normalized spacial score (nSPS) is 29.6. The Balaban J connectivity index is 1.41. The van der Waals surface area contributed by atoms with E-state index in [0.29, 0.717) is 35.5 Å². The molecule has 2 N–H and O–H groups in total. The summed E-state index contributed by atoms with van der Waals surface area (Å²) in [4.78, 5) is 59.6. The third kappa shape index (κ3) is 6.41. The molecule has 2 aromatic carbocycles. The molecular formula is C37H42ClN3O7. The molecule has 48 heavy (non-hydrogen) atoms. The van der Waals surface area contributed by atoms with Crippen molar-refractivity contribution in [1.82, 2.24) is 10.2 Å². The number of rotatable bonds is 8. The van der Waals surface area contributed by atoms with Crippen molar-refractivity contribution in [2.75, 3.05) is 31.1 Å². The lowest BCUT2D eigenvalue weighted by Crippen LogP contribution is -2.55. The predicted octanol–water partition coefficient (Wildman–Crippen LogP) is 4.44. The summed E-state index contributed by atoms with van der Waals surface area (Å²) in [6.07, 6.45) is 8.93. The van der Waals surface area contributed by atoms with Crippen molar-refractivity contribution in [3.05, 3.63) is 89.0 Å². The number of carbonyl (C=O) groups is 4. The van der Waals surface area contributed by atoms with E-state index in [1.54, 1.807) is 34.1 Å². The molecule has 2 fully saturated rings. The van der Waals surface area contributed by atoms with Crippen LogP contribution in [0.5, 0.6) is 0 Å². The van der Waals surface area contributed by atoms with Crippen LogP contribution < -0.4 is 10.2 Å². The zero-order valence-corrected chi connectivity index (χ0v) is 27.8. The first-order chi connectivity index (χ1) is 23.3. The number of halogens is 1. The molecule has 3 amide bonds. The Morgan fingerprint density at radius 3 is 2.54 bits per heavy atom. The van der Waals surface area contributed by atoms with E-state index < -0.39 is 41.7 Å². The van der Waals surface area contributed by atoms with Crippen LogP contribution in [0.25, 0.3) is 0 Å². The molecule has 4 aliphatic heterocycles. The second-order valence-corrected chi connectivity index (χ2v) is 13.3. The van der Waals surface area contributed by atoms with Crippen molar-refractivity contribution in [3.8, 4) is 0 Å². The largest absolute Gasteiger partial charge is 0.455 e. The molecule has 0 saturated carbocycles. The highest BCUT2D eigenvalue weighted by Gasteiger charge is 2.71. The van der Waals surface area contributed by atoms with Crippen molar-refractivity contribution >= 4 is 41.0 Å². The summed E-state index contributed by atoms with van der Waals surface area (Å²) in [5, 5.41) is 12.6. The molecule has 11 heteroatoms. The molecule has 6 rings (SSSR count). The quantitative estimate of drug-likeness (QED) is 0.241. The van der Waals surface area contributed by atoms with E-state index in [9.17, 15) is 24.3 Å². The minimum atomic E-state index is -1.45. The van der Waals surface area contributed by atoms with Gasteiger partial charge in [0.15, 0.2) is 0 Å². The number of benzene rings is 2. The van der Waals surface area contributed by atoms with Crippen LogP contribution >= 0.6 is 11.6 Å². The Kier molecular flexibility index (Phi) is 10.3.